The largest absolute Gasteiger partial charge is 0.341 e. The highest BCUT2D eigenvalue weighted by Gasteiger charge is 2.17. The van der Waals surface area contributed by atoms with Crippen LogP contribution < -0.4 is 15.8 Å². The van der Waals surface area contributed by atoms with Crippen molar-refractivity contribution >= 4 is 40.5 Å². The molecule has 0 aliphatic carbocycles. The first-order valence-corrected chi connectivity index (χ1v) is 8.54. The van der Waals surface area contributed by atoms with E-state index in [0.717, 1.165) is 0 Å². The summed E-state index contributed by atoms with van der Waals surface area (Å²) in [6.07, 6.45) is 3.59. The van der Waals surface area contributed by atoms with Gasteiger partial charge in [0.05, 0.1) is 5.88 Å². The molecule has 0 aromatic rings. The van der Waals surface area contributed by atoms with Gasteiger partial charge in [-0.05, 0) is 5.41 Å². The first kappa shape index (κ1) is 14.7. The van der Waals surface area contributed by atoms with Crippen molar-refractivity contribution in [3.63, 3.8) is 0 Å². The molecule has 17 heavy (non-hydrogen) atoms. The molecule has 1 aliphatic rings. The van der Waals surface area contributed by atoms with Crippen LogP contribution in [0.3, 0.4) is 0 Å². The highest BCUT2D eigenvalue weighted by molar-refractivity contribution is 8.02. The molecule has 2 unspecified atom stereocenters. The number of hydrogen-bond donors (Lipinski definition) is 3. The number of nitrogens with zero attached hydrogens (tertiary/aromatic N) is 1. The zero-order valence-electron chi connectivity index (χ0n) is 9.42. The molecule has 0 saturated heterocycles. The molecule has 6 nitrogen and oxygen atoms in total. The van der Waals surface area contributed by atoms with Crippen molar-refractivity contribution < 1.29 is 9.00 Å². The Labute approximate surface area is 112 Å². The third kappa shape index (κ3) is 5.66. The maximum atomic E-state index is 11.7. The molecule has 1 aliphatic heterocycles. The number of nitrogens with one attached hydrogen (secondary N) is 2. The molecule has 0 aromatic heterocycles. The Kier molecular flexibility index (Phi) is 6.78. The number of hydrogen-bond acceptors (Lipinski definition) is 6. The summed E-state index contributed by atoms with van der Waals surface area (Å²) < 4.78 is 14.2. The van der Waals surface area contributed by atoms with Gasteiger partial charge in [0, 0.05) is 35.6 Å². The van der Waals surface area contributed by atoms with Crippen molar-refractivity contribution in [1.82, 2.24) is 14.9 Å². The van der Waals surface area contributed by atoms with E-state index in [0.29, 0.717) is 18.2 Å². The highest BCUT2D eigenvalue weighted by atomic mass is 32.2. The third-order valence-corrected chi connectivity index (χ3v) is 4.36. The number of urea groups is 1. The Bertz CT molecular complexity index is 313. The fraction of sp³-hybridized carbons (Fsp3) is 0.625. The van der Waals surface area contributed by atoms with Crippen LogP contribution in [0.4, 0.5) is 4.79 Å². The molecule has 0 radical (unpaired) electrons. The summed E-state index contributed by atoms with van der Waals surface area (Å²) in [6.45, 7) is 0.388. The lowest BCUT2D eigenvalue weighted by molar-refractivity contribution is 0.247. The van der Waals surface area contributed by atoms with Crippen molar-refractivity contribution in [3.8, 4) is 0 Å². The number of thioether (sulfide) groups is 1. The molecule has 1 rings (SSSR count). The van der Waals surface area contributed by atoms with E-state index in [-0.39, 0.29) is 11.5 Å². The average Bonchev–Trinajstić information content (AvgIpc) is 2.65. The number of carbonyl (C=O) groups is 1. The van der Waals surface area contributed by atoms with Crippen LogP contribution in [0.15, 0.2) is 11.6 Å². The minimum atomic E-state index is -1.02. The summed E-state index contributed by atoms with van der Waals surface area (Å²) in [5.74, 6) is 0.819. The molecule has 0 saturated carbocycles. The molecular formula is C8H16N4O2S3. The van der Waals surface area contributed by atoms with Crippen LogP contribution in [-0.4, -0.2) is 45.1 Å². The average molecular weight is 296 g/mol. The lowest BCUT2D eigenvalue weighted by atomic mass is 10.7. The minimum Gasteiger partial charge on any atom is -0.341 e. The van der Waals surface area contributed by atoms with Gasteiger partial charge in [0.25, 0.3) is 0 Å². The van der Waals surface area contributed by atoms with Crippen molar-refractivity contribution in [2.45, 2.75) is 5.50 Å². The number of carbonyl (C=O) groups excluding carboxylic acids is 1. The minimum absolute atomic E-state index is 0.147. The van der Waals surface area contributed by atoms with Crippen LogP contribution >= 0.6 is 23.7 Å². The number of nitrogens with two attached hydrogens (primary N) is 1. The van der Waals surface area contributed by atoms with Gasteiger partial charge in [-0.3, -0.25) is 8.93 Å². The predicted molar refractivity (Wildman–Crippen MR) is 74.5 cm³/mol. The molecule has 0 aromatic carbocycles. The lowest BCUT2D eigenvalue weighted by Gasteiger charge is -2.20. The van der Waals surface area contributed by atoms with E-state index in [1.807, 2.05) is 16.5 Å². The van der Waals surface area contributed by atoms with E-state index >= 15 is 0 Å². The second-order valence-electron chi connectivity index (χ2n) is 3.16. The summed E-state index contributed by atoms with van der Waals surface area (Å²) in [7, 11) is -1.02. The van der Waals surface area contributed by atoms with Gasteiger partial charge < -0.3 is 16.0 Å². The quantitative estimate of drug-likeness (QED) is 0.600. The van der Waals surface area contributed by atoms with Crippen molar-refractivity contribution in [1.29, 1.82) is 0 Å². The van der Waals surface area contributed by atoms with E-state index in [9.17, 15) is 9.00 Å². The maximum Gasteiger partial charge on any atom is 0.324 e. The van der Waals surface area contributed by atoms with Crippen LogP contribution in [-0.2, 0) is 10.8 Å². The maximum absolute atomic E-state index is 11.7. The Hall–Kier alpha value is -0.380. The molecule has 0 fully saturated rings. The van der Waals surface area contributed by atoms with Gasteiger partial charge >= 0.3 is 6.03 Å². The summed E-state index contributed by atoms with van der Waals surface area (Å²) in [4.78, 5) is 12.9. The fourth-order valence-electron chi connectivity index (χ4n) is 1.11. The monoisotopic (exact) mass is 296 g/mol. The van der Waals surface area contributed by atoms with Gasteiger partial charge in [0.15, 0.2) is 0 Å². The first-order chi connectivity index (χ1) is 8.13. The molecule has 2 amide bonds. The van der Waals surface area contributed by atoms with E-state index in [2.05, 4.69) is 10.0 Å². The Balaban J connectivity index is 2.13. The molecule has 1 heterocycles. The normalized spacial score (nSPS) is 20.4. The fourth-order valence-corrected chi connectivity index (χ4v) is 3.19. The second kappa shape index (κ2) is 7.85. The van der Waals surface area contributed by atoms with Crippen LogP contribution in [0.1, 0.15) is 0 Å². The topological polar surface area (TPSA) is 87.5 Å². The molecule has 98 valence electrons. The summed E-state index contributed by atoms with van der Waals surface area (Å²) >= 11 is 2.71. The van der Waals surface area contributed by atoms with Crippen LogP contribution in [0.5, 0.6) is 0 Å². The molecule has 9 heteroatoms. The summed E-state index contributed by atoms with van der Waals surface area (Å²) in [5.41, 5.74) is 5.61. The Morgan fingerprint density at radius 3 is 3.06 bits per heavy atom. The van der Waals surface area contributed by atoms with Gasteiger partial charge in [-0.25, -0.2) is 4.79 Å². The first-order valence-electron chi connectivity index (χ1n) is 4.88. The number of amides is 2. The number of rotatable bonds is 6. The van der Waals surface area contributed by atoms with E-state index < -0.39 is 10.8 Å². The van der Waals surface area contributed by atoms with Gasteiger partial charge in [-0.1, -0.05) is 23.7 Å². The molecule has 0 spiro atoms. The molecular weight excluding hydrogens is 280 g/mol. The van der Waals surface area contributed by atoms with E-state index in [4.69, 9.17) is 5.73 Å². The second-order valence-corrected chi connectivity index (χ2v) is 6.35. The van der Waals surface area contributed by atoms with Crippen LogP contribution in [0, 0.1) is 0 Å². The Morgan fingerprint density at radius 1 is 1.71 bits per heavy atom. The van der Waals surface area contributed by atoms with E-state index in [1.54, 1.807) is 6.26 Å². The van der Waals surface area contributed by atoms with Crippen LogP contribution in [0.2, 0.25) is 0 Å². The summed E-state index contributed by atoms with van der Waals surface area (Å²) in [6, 6.07) is -0.261. The highest BCUT2D eigenvalue weighted by Crippen LogP contribution is 2.20. The van der Waals surface area contributed by atoms with Gasteiger partial charge in [0.2, 0.25) is 0 Å². The lowest BCUT2D eigenvalue weighted by Crippen LogP contribution is -2.37. The van der Waals surface area contributed by atoms with Gasteiger partial charge in [-0.15, -0.1) is 0 Å². The SMILES string of the molecule is CSNC(=O)NCCS(=O)CN1C=CSC1N. The smallest absolute Gasteiger partial charge is 0.324 e. The van der Waals surface area contributed by atoms with Crippen molar-refractivity contribution in [2.24, 2.45) is 5.73 Å². The van der Waals surface area contributed by atoms with Gasteiger partial charge in [0.1, 0.15) is 5.50 Å². The summed E-state index contributed by atoms with van der Waals surface area (Å²) in [5, 5.41) is 4.49. The van der Waals surface area contributed by atoms with Crippen LogP contribution in [0.25, 0.3) is 0 Å². The third-order valence-electron chi connectivity index (χ3n) is 1.90. The zero-order chi connectivity index (χ0) is 12.7. The Morgan fingerprint density at radius 2 is 2.47 bits per heavy atom. The van der Waals surface area contributed by atoms with Gasteiger partial charge in [-0.2, -0.15) is 0 Å². The molecule has 2 atom stereocenters. The molecule has 0 bridgehead atoms. The van der Waals surface area contributed by atoms with E-state index in [1.165, 1.54) is 23.7 Å². The standard InChI is InChI=1S/C8H16N4O2S3/c1-15-11-8(13)10-2-5-17(14)6-12-3-4-16-7(12)9/h3-4,7H,2,5-6,9H2,1H3,(H2,10,11,13). The zero-order valence-corrected chi connectivity index (χ0v) is 11.9. The van der Waals surface area contributed by atoms with Crippen molar-refractivity contribution in [3.05, 3.63) is 11.6 Å². The molecule has 4 N–H and O–H groups in total. The predicted octanol–water partition coefficient (Wildman–Crippen LogP) is 0.0321. The van der Waals surface area contributed by atoms with Crippen molar-refractivity contribution in [2.75, 3.05) is 24.4 Å².